The van der Waals surface area contributed by atoms with Crippen LogP contribution in [-0.2, 0) is 26.2 Å². The minimum absolute atomic E-state index is 0.0361. The summed E-state index contributed by atoms with van der Waals surface area (Å²) in [5, 5.41) is 24.8. The molecule has 0 saturated carbocycles. The highest BCUT2D eigenvalue weighted by Crippen LogP contribution is 2.34. The van der Waals surface area contributed by atoms with Crippen molar-refractivity contribution in [1.82, 2.24) is 50.2 Å². The van der Waals surface area contributed by atoms with Crippen molar-refractivity contribution in [3.63, 3.8) is 0 Å². The van der Waals surface area contributed by atoms with E-state index in [9.17, 15) is 0 Å². The average Bonchev–Trinajstić information content (AvgIpc) is 3.86. The highest BCUT2D eigenvalue weighted by atomic mass is 79.9. The second kappa shape index (κ2) is 17.6. The smallest absolute Gasteiger partial charge is 0.173 e. The number of halogens is 1. The van der Waals surface area contributed by atoms with Gasteiger partial charge in [-0.15, -0.1) is 10.2 Å². The number of hydrogen-bond donors (Lipinski definition) is 0. The summed E-state index contributed by atoms with van der Waals surface area (Å²) in [7, 11) is 0. The lowest BCUT2D eigenvalue weighted by Gasteiger charge is -2.35. The number of rotatable bonds is 11. The Morgan fingerprint density at radius 2 is 1.26 bits per heavy atom. The SMILES string of the molecule is CC(C)c1ccc(C2c3nnnn3CCN2Cc2cccc(Br)c2)cc1.CCCCOc1ccc(C2c3nnnn3CCN2Cc2cccc(C)c2)cc1. The number of nitrogens with zero attached hydrogens (tertiary/aromatic N) is 10. The number of fused-ring (bicyclic) bond motifs is 2. The summed E-state index contributed by atoms with van der Waals surface area (Å²) in [5.41, 5.74) is 7.65. The molecule has 11 nitrogen and oxygen atoms in total. The average molecular weight is 790 g/mol. The van der Waals surface area contributed by atoms with Gasteiger partial charge in [-0.2, -0.15) is 0 Å². The first-order chi connectivity index (χ1) is 26.4. The number of benzene rings is 4. The van der Waals surface area contributed by atoms with E-state index in [1.807, 2.05) is 9.36 Å². The van der Waals surface area contributed by atoms with Crippen LogP contribution in [0.2, 0.25) is 0 Å². The molecule has 0 radical (unpaired) electrons. The van der Waals surface area contributed by atoms with Gasteiger partial charge in [0.05, 0.1) is 31.8 Å². The molecule has 8 rings (SSSR count). The lowest BCUT2D eigenvalue weighted by Crippen LogP contribution is -2.39. The number of ether oxygens (including phenoxy) is 1. The molecule has 6 aromatic rings. The Kier molecular flexibility index (Phi) is 12.2. The number of aromatic nitrogens is 8. The van der Waals surface area contributed by atoms with E-state index in [-0.39, 0.29) is 12.1 Å². The molecule has 0 fully saturated rings. The first-order valence-corrected chi connectivity index (χ1v) is 19.8. The van der Waals surface area contributed by atoms with E-state index >= 15 is 0 Å². The fraction of sp³-hybridized carbons (Fsp3) is 0.381. The summed E-state index contributed by atoms with van der Waals surface area (Å²) in [5.74, 6) is 3.26. The predicted molar refractivity (Wildman–Crippen MR) is 213 cm³/mol. The van der Waals surface area contributed by atoms with Gasteiger partial charge in [0.2, 0.25) is 0 Å². The predicted octanol–water partition coefficient (Wildman–Crippen LogP) is 7.93. The monoisotopic (exact) mass is 788 g/mol. The molecule has 4 aromatic carbocycles. The third kappa shape index (κ3) is 8.94. The molecular formula is C42H49BrN10O. The van der Waals surface area contributed by atoms with Crippen LogP contribution in [0.5, 0.6) is 5.75 Å². The van der Waals surface area contributed by atoms with Crippen LogP contribution in [0.1, 0.15) is 96.6 Å². The van der Waals surface area contributed by atoms with Crippen molar-refractivity contribution in [2.45, 2.75) is 84.7 Å². The van der Waals surface area contributed by atoms with Gasteiger partial charge < -0.3 is 4.74 Å². The molecule has 54 heavy (non-hydrogen) atoms. The van der Waals surface area contributed by atoms with E-state index in [0.717, 1.165) is 80.6 Å². The van der Waals surface area contributed by atoms with Gasteiger partial charge >= 0.3 is 0 Å². The van der Waals surface area contributed by atoms with Gasteiger partial charge in [-0.05, 0) is 92.2 Å². The molecule has 0 aliphatic carbocycles. The fourth-order valence-electron chi connectivity index (χ4n) is 7.28. The van der Waals surface area contributed by atoms with Crippen LogP contribution in [0.15, 0.2) is 102 Å². The fourth-order valence-corrected chi connectivity index (χ4v) is 7.73. The van der Waals surface area contributed by atoms with Gasteiger partial charge in [-0.25, -0.2) is 9.36 Å². The Morgan fingerprint density at radius 3 is 1.80 bits per heavy atom. The number of tetrazole rings is 2. The normalized spacial score (nSPS) is 17.1. The van der Waals surface area contributed by atoms with Gasteiger partial charge in [0.15, 0.2) is 11.6 Å². The first-order valence-electron chi connectivity index (χ1n) is 19.0. The maximum absolute atomic E-state index is 5.82. The first kappa shape index (κ1) is 37.5. The molecule has 0 bridgehead atoms. The molecule has 2 atom stereocenters. The van der Waals surface area contributed by atoms with Gasteiger partial charge in [0, 0.05) is 30.7 Å². The molecule has 0 amide bonds. The molecule has 0 spiro atoms. The zero-order valence-electron chi connectivity index (χ0n) is 31.6. The second-order valence-corrected chi connectivity index (χ2v) is 15.4. The largest absolute Gasteiger partial charge is 0.494 e. The molecule has 2 aliphatic rings. The van der Waals surface area contributed by atoms with Gasteiger partial charge in [0.25, 0.3) is 0 Å². The van der Waals surface area contributed by atoms with Crippen molar-refractivity contribution in [2.75, 3.05) is 19.7 Å². The molecule has 280 valence electrons. The van der Waals surface area contributed by atoms with Crippen LogP contribution in [0, 0.1) is 6.92 Å². The van der Waals surface area contributed by atoms with E-state index in [1.54, 1.807) is 0 Å². The maximum Gasteiger partial charge on any atom is 0.173 e. The van der Waals surface area contributed by atoms with Crippen molar-refractivity contribution in [3.05, 3.63) is 147 Å². The van der Waals surface area contributed by atoms with E-state index in [0.29, 0.717) is 5.92 Å². The summed E-state index contributed by atoms with van der Waals surface area (Å²) in [6.45, 7) is 14.7. The number of unbranched alkanes of at least 4 members (excludes halogenated alkanes) is 1. The molecular weight excluding hydrogens is 740 g/mol. The summed E-state index contributed by atoms with van der Waals surface area (Å²) >= 11 is 3.57. The summed E-state index contributed by atoms with van der Waals surface area (Å²) < 4.78 is 10.8. The number of aryl methyl sites for hydroxylation is 1. The highest BCUT2D eigenvalue weighted by Gasteiger charge is 2.33. The lowest BCUT2D eigenvalue weighted by atomic mass is 9.97. The van der Waals surface area contributed by atoms with Crippen LogP contribution < -0.4 is 4.74 Å². The molecule has 2 aromatic heterocycles. The maximum atomic E-state index is 5.82. The lowest BCUT2D eigenvalue weighted by molar-refractivity contribution is 0.164. The summed E-state index contributed by atoms with van der Waals surface area (Å²) in [4.78, 5) is 4.91. The van der Waals surface area contributed by atoms with Gasteiger partial charge in [-0.1, -0.05) is 121 Å². The zero-order valence-corrected chi connectivity index (χ0v) is 33.2. The van der Waals surface area contributed by atoms with Crippen LogP contribution in [-0.4, -0.2) is 69.9 Å². The minimum Gasteiger partial charge on any atom is -0.494 e. The Labute approximate surface area is 326 Å². The van der Waals surface area contributed by atoms with Crippen molar-refractivity contribution in [2.24, 2.45) is 0 Å². The quantitative estimate of drug-likeness (QED) is 0.121. The van der Waals surface area contributed by atoms with Crippen molar-refractivity contribution in [3.8, 4) is 5.75 Å². The van der Waals surface area contributed by atoms with Crippen LogP contribution in [0.3, 0.4) is 0 Å². The third-order valence-electron chi connectivity index (χ3n) is 10.2. The third-order valence-corrected chi connectivity index (χ3v) is 10.7. The van der Waals surface area contributed by atoms with E-state index < -0.39 is 0 Å². The molecule has 0 N–H and O–H groups in total. The molecule has 12 heteroatoms. The van der Waals surface area contributed by atoms with Crippen LogP contribution >= 0.6 is 15.9 Å². The zero-order chi connectivity index (χ0) is 37.4. The number of hydrogen-bond acceptors (Lipinski definition) is 9. The Morgan fingerprint density at radius 1 is 0.704 bits per heavy atom. The summed E-state index contributed by atoms with van der Waals surface area (Å²) in [6, 6.07) is 34.6. The van der Waals surface area contributed by atoms with Crippen molar-refractivity contribution in [1.29, 1.82) is 0 Å². The van der Waals surface area contributed by atoms with Crippen molar-refractivity contribution < 1.29 is 4.74 Å². The van der Waals surface area contributed by atoms with Crippen molar-refractivity contribution >= 4 is 15.9 Å². The summed E-state index contributed by atoms with van der Waals surface area (Å²) in [6.07, 6.45) is 2.21. The molecule has 2 unspecified atom stereocenters. The van der Waals surface area contributed by atoms with Crippen LogP contribution in [0.25, 0.3) is 0 Å². The topological polar surface area (TPSA) is 103 Å². The second-order valence-electron chi connectivity index (χ2n) is 14.5. The van der Waals surface area contributed by atoms with E-state index in [4.69, 9.17) is 4.74 Å². The van der Waals surface area contributed by atoms with E-state index in [1.165, 1.54) is 33.4 Å². The van der Waals surface area contributed by atoms with Gasteiger partial charge in [-0.3, -0.25) is 9.80 Å². The highest BCUT2D eigenvalue weighted by molar-refractivity contribution is 9.10. The Balaban J connectivity index is 0.000000167. The molecule has 0 saturated heterocycles. The Hall–Kier alpha value is -4.78. The standard InChI is InChI=1S/C22H27N5O.C20H22BrN5/c1-3-4-14-28-20-10-8-19(9-11-20)21-22-23-24-25-27(22)13-12-26(21)16-18-7-5-6-17(2)15-18;1-14(2)16-6-8-17(9-7-16)19-20-22-23-24-26(20)11-10-25(19)13-15-4-3-5-18(21)12-15/h5-11,15,21H,3-4,12-14,16H2,1-2H3;3-9,12,14,19H,10-11,13H2,1-2H3. The van der Waals surface area contributed by atoms with E-state index in [2.05, 4.69) is 182 Å². The molecule has 2 aliphatic heterocycles. The van der Waals surface area contributed by atoms with Crippen LogP contribution in [0.4, 0.5) is 0 Å². The molecule has 4 heterocycles. The Bertz CT molecular complexity index is 2100. The van der Waals surface area contributed by atoms with Gasteiger partial charge in [0.1, 0.15) is 5.75 Å². The minimum atomic E-state index is 0.0361.